The average molecular weight is 550 g/mol. The summed E-state index contributed by atoms with van der Waals surface area (Å²) in [6, 6.07) is 10.6. The van der Waals surface area contributed by atoms with Crippen LogP contribution in [0, 0.1) is 5.82 Å². The highest BCUT2D eigenvalue weighted by atomic mass is 19.3. The highest BCUT2D eigenvalue weighted by Gasteiger charge is 2.51. The first-order valence-electron chi connectivity index (χ1n) is 13.0. The van der Waals surface area contributed by atoms with Crippen molar-refractivity contribution in [2.45, 2.75) is 56.0 Å². The molecule has 8 nitrogen and oxygen atoms in total. The number of hydrogen-bond donors (Lipinski definition) is 2. The molecule has 1 aliphatic carbocycles. The maximum absolute atomic E-state index is 15.2. The van der Waals surface area contributed by atoms with Crippen molar-refractivity contribution in [3.63, 3.8) is 0 Å². The zero-order valence-corrected chi connectivity index (χ0v) is 21.7. The molecular formula is C29H26F3N5O3. The first-order chi connectivity index (χ1) is 19.0. The summed E-state index contributed by atoms with van der Waals surface area (Å²) in [7, 11) is 1.68. The van der Waals surface area contributed by atoms with E-state index in [1.807, 2.05) is 22.8 Å². The van der Waals surface area contributed by atoms with Crippen LogP contribution in [0.4, 0.5) is 13.2 Å². The van der Waals surface area contributed by atoms with Crippen LogP contribution < -0.4 is 10.5 Å². The highest BCUT2D eigenvalue weighted by molar-refractivity contribution is 5.98. The second-order valence-corrected chi connectivity index (χ2v) is 11.4. The number of carbonyl (C=O) groups is 1. The second kappa shape index (κ2) is 8.28. The molecule has 0 unspecified atom stereocenters. The Balaban J connectivity index is 1.34. The summed E-state index contributed by atoms with van der Waals surface area (Å²) in [4.78, 5) is 24.0. The first kappa shape index (κ1) is 25.0. The van der Waals surface area contributed by atoms with Crippen molar-refractivity contribution in [1.82, 2.24) is 19.4 Å². The Morgan fingerprint density at radius 3 is 2.62 bits per heavy atom. The summed E-state index contributed by atoms with van der Waals surface area (Å²) in [5.41, 5.74) is 7.77. The summed E-state index contributed by atoms with van der Waals surface area (Å²) in [6.45, 7) is -1.38. The van der Waals surface area contributed by atoms with Gasteiger partial charge in [-0.25, -0.2) is 9.37 Å². The Labute approximate surface area is 227 Å². The number of halogens is 3. The molecule has 2 aromatic heterocycles. The summed E-state index contributed by atoms with van der Waals surface area (Å²) < 4.78 is 48.8. The first-order valence-corrected chi connectivity index (χ1v) is 13.0. The third kappa shape index (κ3) is 3.57. The minimum Gasteiger partial charge on any atom is -0.434 e. The van der Waals surface area contributed by atoms with Gasteiger partial charge < -0.3 is 25.0 Å². The lowest BCUT2D eigenvalue weighted by molar-refractivity contribution is -0.0764. The monoisotopic (exact) mass is 549 g/mol. The number of pyridine rings is 1. The Hall–Kier alpha value is -3.96. The summed E-state index contributed by atoms with van der Waals surface area (Å²) >= 11 is 0. The van der Waals surface area contributed by atoms with Gasteiger partial charge in [0.2, 0.25) is 0 Å². The van der Waals surface area contributed by atoms with Crippen molar-refractivity contribution in [2.24, 2.45) is 5.73 Å². The van der Waals surface area contributed by atoms with Crippen molar-refractivity contribution in [3.8, 4) is 16.9 Å². The minimum atomic E-state index is -3.05. The van der Waals surface area contributed by atoms with E-state index >= 15 is 4.39 Å². The number of rotatable bonds is 4. The molecule has 11 heteroatoms. The predicted molar refractivity (Wildman–Crippen MR) is 139 cm³/mol. The molecule has 1 amide bonds. The van der Waals surface area contributed by atoms with E-state index in [0.717, 1.165) is 5.52 Å². The molecule has 3 aliphatic rings. The van der Waals surface area contributed by atoms with Gasteiger partial charge in [0.25, 0.3) is 5.91 Å². The minimum absolute atomic E-state index is 0.0432. The molecule has 2 aromatic carbocycles. The Kier molecular flexibility index (Phi) is 5.18. The van der Waals surface area contributed by atoms with Gasteiger partial charge in [-0.2, -0.15) is 8.78 Å². The molecular weight excluding hydrogens is 523 g/mol. The van der Waals surface area contributed by atoms with Crippen LogP contribution in [-0.2, 0) is 5.54 Å². The van der Waals surface area contributed by atoms with E-state index in [-0.39, 0.29) is 36.2 Å². The molecule has 2 atom stereocenters. The third-order valence-electron chi connectivity index (χ3n) is 8.45. The van der Waals surface area contributed by atoms with Crippen LogP contribution in [0.15, 0.2) is 48.7 Å². The van der Waals surface area contributed by atoms with Crippen molar-refractivity contribution in [3.05, 3.63) is 77.1 Å². The van der Waals surface area contributed by atoms with E-state index in [9.17, 15) is 18.7 Å². The van der Waals surface area contributed by atoms with E-state index in [0.29, 0.717) is 40.0 Å². The molecule has 1 saturated carbocycles. The maximum Gasteiger partial charge on any atom is 0.387 e. The highest BCUT2D eigenvalue weighted by Crippen LogP contribution is 2.50. The third-order valence-corrected chi connectivity index (χ3v) is 8.45. The normalized spacial score (nSPS) is 27.0. The average Bonchev–Trinajstić information content (AvgIpc) is 3.40. The lowest BCUT2D eigenvalue weighted by Crippen LogP contribution is -2.59. The smallest absolute Gasteiger partial charge is 0.387 e. The molecule has 40 heavy (non-hydrogen) atoms. The van der Waals surface area contributed by atoms with Crippen LogP contribution in [0.1, 0.15) is 65.7 Å². The van der Waals surface area contributed by atoms with Crippen molar-refractivity contribution < 1.29 is 27.8 Å². The molecule has 0 saturated heterocycles. The molecule has 7 rings (SSSR count). The topological polar surface area (TPSA) is 106 Å². The number of hydrogen-bond acceptors (Lipinski definition) is 6. The van der Waals surface area contributed by atoms with Crippen LogP contribution in [-0.4, -0.2) is 49.7 Å². The van der Waals surface area contributed by atoms with Crippen molar-refractivity contribution in [1.29, 1.82) is 0 Å². The van der Waals surface area contributed by atoms with Crippen molar-refractivity contribution >= 4 is 16.9 Å². The fraction of sp³-hybridized carbons (Fsp3) is 0.345. The number of aromatic nitrogens is 3. The number of imidazole rings is 1. The summed E-state index contributed by atoms with van der Waals surface area (Å²) in [6.07, 6.45) is 2.45. The SMILES string of the molecule is CN1C(=O)c2cccc(OC(F)F)c2[C@H]2C[C@@H]1c1nc3ccc(-c4cnc([C@]5(N)C[C@@](C)(O)C5)c(F)c4)cc3n12. The number of fused-ring (bicyclic) bond motifs is 9. The number of ether oxygens (including phenoxy) is 1. The molecule has 0 radical (unpaired) electrons. The van der Waals surface area contributed by atoms with E-state index in [1.165, 1.54) is 18.2 Å². The van der Waals surface area contributed by atoms with Gasteiger partial charge in [-0.1, -0.05) is 12.1 Å². The fourth-order valence-electron chi connectivity index (χ4n) is 6.90. The van der Waals surface area contributed by atoms with E-state index < -0.39 is 29.6 Å². The lowest BCUT2D eigenvalue weighted by Gasteiger charge is -2.48. The van der Waals surface area contributed by atoms with Crippen LogP contribution >= 0.6 is 0 Å². The molecule has 2 bridgehead atoms. The number of carbonyl (C=O) groups excluding carboxylic acids is 1. The Bertz CT molecular complexity index is 1710. The molecule has 0 spiro atoms. The predicted octanol–water partition coefficient (Wildman–Crippen LogP) is 4.66. The standard InChI is InChI=1S/C29H26F3N5O3/c1-28(39)12-29(33,13-28)24-17(30)8-15(11-34-24)14-6-7-18-19(9-14)37-20-10-21(25(37)35-18)36(2)26(38)16-4-3-5-22(23(16)20)40-27(31)32/h3-9,11,20-21,27,39H,10,12-13,33H2,1-2H3/t20-,21-,28-,29+/m1/s1. The molecule has 4 aromatic rings. The maximum atomic E-state index is 15.2. The van der Waals surface area contributed by atoms with Gasteiger partial charge >= 0.3 is 6.61 Å². The van der Waals surface area contributed by atoms with Crippen LogP contribution in [0.25, 0.3) is 22.2 Å². The van der Waals surface area contributed by atoms with Gasteiger partial charge in [0.1, 0.15) is 17.4 Å². The van der Waals surface area contributed by atoms with Crippen LogP contribution in [0.2, 0.25) is 0 Å². The number of aliphatic hydroxyl groups is 1. The molecule has 206 valence electrons. The fourth-order valence-corrected chi connectivity index (χ4v) is 6.90. The van der Waals surface area contributed by atoms with Gasteiger partial charge in [0.15, 0.2) is 0 Å². The summed E-state index contributed by atoms with van der Waals surface area (Å²) in [5.74, 6) is -0.233. The molecule has 3 N–H and O–H groups in total. The zero-order chi connectivity index (χ0) is 28.1. The lowest BCUT2D eigenvalue weighted by atomic mass is 9.64. The zero-order valence-electron chi connectivity index (χ0n) is 21.7. The number of nitrogens with two attached hydrogens (primary N) is 1. The largest absolute Gasteiger partial charge is 0.434 e. The van der Waals surface area contributed by atoms with E-state index in [2.05, 4.69) is 4.98 Å². The van der Waals surface area contributed by atoms with Crippen molar-refractivity contribution in [2.75, 3.05) is 7.05 Å². The van der Waals surface area contributed by atoms with E-state index in [1.54, 1.807) is 31.1 Å². The molecule has 2 aliphatic heterocycles. The number of alkyl halides is 2. The van der Waals surface area contributed by atoms with Gasteiger partial charge in [0.05, 0.1) is 40.0 Å². The van der Waals surface area contributed by atoms with E-state index in [4.69, 9.17) is 15.5 Å². The summed E-state index contributed by atoms with van der Waals surface area (Å²) in [5, 5.41) is 10.1. The number of nitrogens with zero attached hydrogens (tertiary/aromatic N) is 4. The van der Waals surface area contributed by atoms with Gasteiger partial charge in [-0.05, 0) is 55.7 Å². The van der Waals surface area contributed by atoms with Gasteiger partial charge in [0, 0.05) is 36.4 Å². The van der Waals surface area contributed by atoms with Gasteiger partial charge in [-0.3, -0.25) is 9.78 Å². The Morgan fingerprint density at radius 2 is 1.93 bits per heavy atom. The Morgan fingerprint density at radius 1 is 1.15 bits per heavy atom. The molecule has 1 fully saturated rings. The van der Waals surface area contributed by atoms with Crippen LogP contribution in [0.5, 0.6) is 5.75 Å². The van der Waals surface area contributed by atoms with Crippen LogP contribution in [0.3, 0.4) is 0 Å². The quantitative estimate of drug-likeness (QED) is 0.384. The second-order valence-electron chi connectivity index (χ2n) is 11.4. The number of benzene rings is 2. The van der Waals surface area contributed by atoms with Gasteiger partial charge in [-0.15, -0.1) is 0 Å². The number of amides is 1. The molecule has 4 heterocycles.